The molecule has 1 saturated heterocycles. The Bertz CT molecular complexity index is 817. The number of nitrogens with zero attached hydrogens (tertiary/aromatic N) is 3. The van der Waals surface area contributed by atoms with Gasteiger partial charge in [-0.2, -0.15) is 4.98 Å². The van der Waals surface area contributed by atoms with E-state index in [1.54, 1.807) is 6.21 Å². The summed E-state index contributed by atoms with van der Waals surface area (Å²) in [6.45, 7) is 0. The lowest BCUT2D eigenvalue weighted by Crippen LogP contribution is -2.34. The quantitative estimate of drug-likeness (QED) is 0.507. The Balaban J connectivity index is 1.53. The fourth-order valence-electron chi connectivity index (χ4n) is 4.80. The van der Waals surface area contributed by atoms with Crippen LogP contribution in [0.3, 0.4) is 0 Å². The smallest absolute Gasteiger partial charge is 0.329 e. The SMILES string of the molecule is Nc1nc(Cl)nc2c1N=CC2[C@H]1[C@H](O)[C@@H]2OP(=O)(O)CC23C[C@H]13. The molecular formula is C13H14ClN4O4P. The highest BCUT2D eigenvalue weighted by molar-refractivity contribution is 7.53. The van der Waals surface area contributed by atoms with E-state index in [2.05, 4.69) is 15.0 Å². The summed E-state index contributed by atoms with van der Waals surface area (Å²) < 4.78 is 17.1. The molecule has 3 fully saturated rings. The van der Waals surface area contributed by atoms with Crippen LogP contribution in [0.25, 0.3) is 0 Å². The number of hydrogen-bond acceptors (Lipinski definition) is 7. The standard InChI is InChI=1S/C13H14ClN4O4P/c14-12-17-7-4(2-16-8(7)11(15)18-12)6-5-1-13(5)3-23(20,21)22-10(13)9(6)19/h2,4-6,9-10,19H,1,3H2,(H,20,21)(H2,15,17,18)/t4?,5-,6-,9+,10+,13?/m1/s1. The molecule has 3 unspecified atom stereocenters. The molecule has 2 aliphatic carbocycles. The molecule has 4 aliphatic rings. The first-order valence-electron chi connectivity index (χ1n) is 7.38. The van der Waals surface area contributed by atoms with Crippen molar-refractivity contribution in [1.29, 1.82) is 0 Å². The predicted octanol–water partition coefficient (Wildman–Crippen LogP) is 1.09. The Morgan fingerprint density at radius 1 is 1.48 bits per heavy atom. The Kier molecular flexibility index (Phi) is 2.57. The first-order chi connectivity index (χ1) is 10.8. The van der Waals surface area contributed by atoms with Crippen LogP contribution in [0.5, 0.6) is 0 Å². The first-order valence-corrected chi connectivity index (χ1v) is 9.52. The monoisotopic (exact) mass is 356 g/mol. The molecule has 10 heteroatoms. The van der Waals surface area contributed by atoms with Crippen LogP contribution in [0.4, 0.5) is 11.5 Å². The Hall–Kier alpha value is -1.05. The molecule has 0 radical (unpaired) electrons. The van der Waals surface area contributed by atoms with E-state index in [0.29, 0.717) is 11.4 Å². The Morgan fingerprint density at radius 3 is 3.00 bits per heavy atom. The second kappa shape index (κ2) is 4.13. The van der Waals surface area contributed by atoms with Gasteiger partial charge in [-0.15, -0.1) is 0 Å². The van der Waals surface area contributed by atoms with Crippen molar-refractivity contribution in [2.45, 2.75) is 24.5 Å². The highest BCUT2D eigenvalue weighted by atomic mass is 35.5. The third-order valence-electron chi connectivity index (χ3n) is 5.69. The molecule has 0 aromatic carbocycles. The summed E-state index contributed by atoms with van der Waals surface area (Å²) in [6, 6.07) is 0. The van der Waals surface area contributed by atoms with Crippen molar-refractivity contribution in [2.75, 3.05) is 11.9 Å². The fourth-order valence-corrected chi connectivity index (χ4v) is 7.03. The minimum absolute atomic E-state index is 0.0473. The van der Waals surface area contributed by atoms with E-state index < -0.39 is 19.8 Å². The molecule has 5 rings (SSSR count). The number of rotatable bonds is 1. The van der Waals surface area contributed by atoms with Crippen LogP contribution in [0, 0.1) is 17.3 Å². The van der Waals surface area contributed by atoms with Crippen LogP contribution in [0.1, 0.15) is 18.0 Å². The summed E-state index contributed by atoms with van der Waals surface area (Å²) in [4.78, 5) is 22.1. The Labute approximate surface area is 136 Å². The van der Waals surface area contributed by atoms with Crippen molar-refractivity contribution in [1.82, 2.24) is 9.97 Å². The summed E-state index contributed by atoms with van der Waals surface area (Å²) >= 11 is 5.90. The maximum absolute atomic E-state index is 11.9. The molecule has 122 valence electrons. The van der Waals surface area contributed by atoms with Crippen LogP contribution < -0.4 is 5.73 Å². The summed E-state index contributed by atoms with van der Waals surface area (Å²) in [5.41, 5.74) is 6.56. The lowest BCUT2D eigenvalue weighted by atomic mass is 9.84. The van der Waals surface area contributed by atoms with E-state index in [1.807, 2.05) is 0 Å². The lowest BCUT2D eigenvalue weighted by Gasteiger charge is -2.26. The largest absolute Gasteiger partial charge is 0.390 e. The molecule has 23 heavy (non-hydrogen) atoms. The third kappa shape index (κ3) is 1.73. The van der Waals surface area contributed by atoms with Crippen LogP contribution in [-0.2, 0) is 9.09 Å². The number of halogens is 1. The second-order valence-corrected chi connectivity index (χ2v) is 8.99. The molecule has 1 aromatic heterocycles. The fraction of sp³-hybridized carbons (Fsp3) is 0.615. The molecule has 0 amide bonds. The summed E-state index contributed by atoms with van der Waals surface area (Å²) in [5.74, 6) is -0.0778. The van der Waals surface area contributed by atoms with Gasteiger partial charge in [0.15, 0.2) is 5.82 Å². The lowest BCUT2D eigenvalue weighted by molar-refractivity contribution is 0.00799. The molecule has 0 bridgehead atoms. The van der Waals surface area contributed by atoms with Gasteiger partial charge in [0.05, 0.1) is 24.1 Å². The molecular weight excluding hydrogens is 343 g/mol. The van der Waals surface area contributed by atoms with Crippen molar-refractivity contribution in [2.24, 2.45) is 22.2 Å². The number of aliphatic imine (C=N–C) groups is 1. The number of nitrogen functional groups attached to an aromatic ring is 1. The number of aliphatic hydroxyl groups excluding tert-OH is 1. The van der Waals surface area contributed by atoms with E-state index in [9.17, 15) is 14.6 Å². The normalized spacial score (nSPS) is 49.1. The van der Waals surface area contributed by atoms with Gasteiger partial charge in [0.2, 0.25) is 5.28 Å². The van der Waals surface area contributed by atoms with E-state index in [0.717, 1.165) is 6.42 Å². The molecule has 2 saturated carbocycles. The van der Waals surface area contributed by atoms with Gasteiger partial charge in [0.25, 0.3) is 0 Å². The topological polar surface area (TPSA) is 131 Å². The zero-order valence-corrected chi connectivity index (χ0v) is 13.5. The summed E-state index contributed by atoms with van der Waals surface area (Å²) in [6.07, 6.45) is 1.17. The van der Waals surface area contributed by atoms with E-state index >= 15 is 0 Å². The highest BCUT2D eigenvalue weighted by Crippen LogP contribution is 2.79. The van der Waals surface area contributed by atoms with Gasteiger partial charge in [-0.25, -0.2) is 4.98 Å². The average molecular weight is 357 g/mol. The van der Waals surface area contributed by atoms with Gasteiger partial charge in [-0.05, 0) is 23.9 Å². The minimum Gasteiger partial charge on any atom is -0.390 e. The number of fused-ring (bicyclic) bond motifs is 1. The molecule has 3 heterocycles. The predicted molar refractivity (Wildman–Crippen MR) is 81.9 cm³/mol. The van der Waals surface area contributed by atoms with Gasteiger partial charge in [-0.1, -0.05) is 0 Å². The van der Waals surface area contributed by atoms with Crippen molar-refractivity contribution in [3.63, 3.8) is 0 Å². The number of anilines is 1. The van der Waals surface area contributed by atoms with Crippen molar-refractivity contribution in [3.8, 4) is 0 Å². The number of aliphatic hydroxyl groups is 1. The average Bonchev–Trinajstić information content (AvgIpc) is 2.74. The van der Waals surface area contributed by atoms with E-state index in [4.69, 9.17) is 21.9 Å². The van der Waals surface area contributed by atoms with Crippen LogP contribution in [0.2, 0.25) is 5.28 Å². The third-order valence-corrected chi connectivity index (χ3v) is 7.41. The second-order valence-electron chi connectivity index (χ2n) is 6.85. The van der Waals surface area contributed by atoms with Gasteiger partial charge >= 0.3 is 7.60 Å². The summed E-state index contributed by atoms with van der Waals surface area (Å²) in [5, 5.41) is 10.7. The maximum atomic E-state index is 11.9. The number of nitrogens with two attached hydrogens (primary N) is 1. The van der Waals surface area contributed by atoms with Crippen molar-refractivity contribution >= 4 is 36.9 Å². The zero-order chi connectivity index (χ0) is 16.1. The van der Waals surface area contributed by atoms with E-state index in [1.165, 1.54) is 0 Å². The van der Waals surface area contributed by atoms with E-state index in [-0.39, 0.29) is 40.4 Å². The van der Waals surface area contributed by atoms with Crippen molar-refractivity contribution < 1.29 is 19.1 Å². The van der Waals surface area contributed by atoms with Crippen LogP contribution in [0.15, 0.2) is 4.99 Å². The molecule has 8 nitrogen and oxygen atoms in total. The number of aromatic nitrogens is 2. The summed E-state index contributed by atoms with van der Waals surface area (Å²) in [7, 11) is -3.58. The van der Waals surface area contributed by atoms with Gasteiger partial charge < -0.3 is 20.3 Å². The number of hydrogen-bond donors (Lipinski definition) is 3. The molecule has 7 atom stereocenters. The van der Waals surface area contributed by atoms with Crippen LogP contribution >= 0.6 is 19.2 Å². The van der Waals surface area contributed by atoms with Crippen LogP contribution in [-0.4, -0.2) is 44.6 Å². The highest BCUT2D eigenvalue weighted by Gasteiger charge is 2.78. The van der Waals surface area contributed by atoms with Gasteiger partial charge in [0.1, 0.15) is 5.69 Å². The van der Waals surface area contributed by atoms with Gasteiger partial charge in [0, 0.05) is 23.5 Å². The molecule has 4 N–H and O–H groups in total. The van der Waals surface area contributed by atoms with Gasteiger partial charge in [-0.3, -0.25) is 9.56 Å². The zero-order valence-electron chi connectivity index (χ0n) is 11.8. The van der Waals surface area contributed by atoms with Crippen molar-refractivity contribution in [3.05, 3.63) is 11.0 Å². The first kappa shape index (κ1) is 14.3. The maximum Gasteiger partial charge on any atom is 0.329 e. The molecule has 2 aliphatic heterocycles. The molecule has 1 spiro atoms. The molecule has 1 aromatic rings. The Morgan fingerprint density at radius 2 is 2.26 bits per heavy atom. The minimum atomic E-state index is -3.58.